The Labute approximate surface area is 135 Å². The lowest BCUT2D eigenvalue weighted by Gasteiger charge is -2.28. The van der Waals surface area contributed by atoms with Crippen LogP contribution in [-0.4, -0.2) is 46.2 Å². The van der Waals surface area contributed by atoms with Gasteiger partial charge in [-0.2, -0.15) is 0 Å². The summed E-state index contributed by atoms with van der Waals surface area (Å²) in [6.07, 6.45) is 2.44. The van der Waals surface area contributed by atoms with Crippen molar-refractivity contribution in [2.45, 2.75) is 31.8 Å². The fourth-order valence-electron chi connectivity index (χ4n) is 3.10. The number of benzene rings is 1. The summed E-state index contributed by atoms with van der Waals surface area (Å²) in [4.78, 5) is 16.7. The Kier molecular flexibility index (Phi) is 3.32. The van der Waals surface area contributed by atoms with Crippen molar-refractivity contribution in [1.82, 2.24) is 19.7 Å². The highest BCUT2D eigenvalue weighted by Crippen LogP contribution is 2.39. The molecule has 1 aromatic carbocycles. The van der Waals surface area contributed by atoms with E-state index in [4.69, 9.17) is 0 Å². The number of carbonyl (C=O) groups is 1. The molecule has 1 saturated carbocycles. The molecule has 0 atom stereocenters. The average Bonchev–Trinajstić information content (AvgIpc) is 3.33. The second kappa shape index (κ2) is 5.37. The van der Waals surface area contributed by atoms with Gasteiger partial charge in [-0.15, -0.1) is 10.2 Å². The lowest BCUT2D eigenvalue weighted by molar-refractivity contribution is 0.0706. The van der Waals surface area contributed by atoms with Crippen molar-refractivity contribution in [3.05, 3.63) is 41.5 Å². The molecule has 0 bridgehead atoms. The number of aromatic nitrogens is 3. The number of rotatable bonds is 3. The van der Waals surface area contributed by atoms with Crippen molar-refractivity contribution >= 4 is 11.6 Å². The zero-order chi connectivity index (χ0) is 16.0. The van der Waals surface area contributed by atoms with Crippen LogP contribution in [0.4, 0.5) is 5.69 Å². The molecule has 0 N–H and O–H groups in total. The Hall–Kier alpha value is -2.37. The summed E-state index contributed by atoms with van der Waals surface area (Å²) >= 11 is 0. The molecule has 1 fully saturated rings. The number of amides is 1. The van der Waals surface area contributed by atoms with Gasteiger partial charge in [0.05, 0.1) is 6.54 Å². The monoisotopic (exact) mass is 311 g/mol. The standard InChI is InChI=1S/C17H21N5O/c1-20(2)14-5-3-4-13(10-14)17(23)21-8-9-22-15(11-21)18-19-16(22)12-6-7-12/h3-5,10,12H,6-9,11H2,1-2H3. The second-order valence-electron chi connectivity index (χ2n) is 6.57. The third kappa shape index (κ3) is 2.58. The van der Waals surface area contributed by atoms with Crippen LogP contribution in [0.15, 0.2) is 24.3 Å². The molecule has 1 aromatic heterocycles. The summed E-state index contributed by atoms with van der Waals surface area (Å²) in [6.45, 7) is 2.06. The van der Waals surface area contributed by atoms with E-state index in [2.05, 4.69) is 14.8 Å². The highest BCUT2D eigenvalue weighted by molar-refractivity contribution is 5.95. The smallest absolute Gasteiger partial charge is 0.254 e. The fourth-order valence-corrected chi connectivity index (χ4v) is 3.10. The van der Waals surface area contributed by atoms with Gasteiger partial charge in [-0.3, -0.25) is 4.79 Å². The van der Waals surface area contributed by atoms with E-state index in [1.165, 1.54) is 12.8 Å². The third-order valence-corrected chi connectivity index (χ3v) is 4.62. The predicted molar refractivity (Wildman–Crippen MR) is 87.5 cm³/mol. The van der Waals surface area contributed by atoms with Crippen LogP contribution in [0.3, 0.4) is 0 Å². The molecule has 1 aliphatic heterocycles. The van der Waals surface area contributed by atoms with Gasteiger partial charge in [-0.25, -0.2) is 0 Å². The van der Waals surface area contributed by atoms with E-state index >= 15 is 0 Å². The zero-order valence-electron chi connectivity index (χ0n) is 13.6. The summed E-state index contributed by atoms with van der Waals surface area (Å²) in [6, 6.07) is 7.76. The Bertz CT molecular complexity index is 747. The summed E-state index contributed by atoms with van der Waals surface area (Å²) in [5.74, 6) is 2.68. The first-order valence-corrected chi connectivity index (χ1v) is 8.12. The van der Waals surface area contributed by atoms with Gasteiger partial charge in [0.25, 0.3) is 5.91 Å². The van der Waals surface area contributed by atoms with Crippen molar-refractivity contribution < 1.29 is 4.79 Å². The summed E-state index contributed by atoms with van der Waals surface area (Å²) in [5.41, 5.74) is 1.76. The Morgan fingerprint density at radius 3 is 2.78 bits per heavy atom. The van der Waals surface area contributed by atoms with E-state index in [1.54, 1.807) is 0 Å². The van der Waals surface area contributed by atoms with E-state index in [1.807, 2.05) is 48.2 Å². The lowest BCUT2D eigenvalue weighted by Crippen LogP contribution is -2.38. The van der Waals surface area contributed by atoms with Crippen LogP contribution in [0.2, 0.25) is 0 Å². The number of nitrogens with zero attached hydrogens (tertiary/aromatic N) is 5. The fraction of sp³-hybridized carbons (Fsp3) is 0.471. The maximum atomic E-state index is 12.8. The first kappa shape index (κ1) is 14.2. The van der Waals surface area contributed by atoms with Crippen molar-refractivity contribution in [2.75, 3.05) is 25.5 Å². The quantitative estimate of drug-likeness (QED) is 0.868. The molecule has 2 aromatic rings. The van der Waals surface area contributed by atoms with Gasteiger partial charge in [-0.05, 0) is 31.0 Å². The van der Waals surface area contributed by atoms with Gasteiger partial charge in [0, 0.05) is 44.4 Å². The molecule has 0 unspecified atom stereocenters. The average molecular weight is 311 g/mol. The minimum Gasteiger partial charge on any atom is -0.378 e. The maximum Gasteiger partial charge on any atom is 0.254 e. The van der Waals surface area contributed by atoms with Crippen molar-refractivity contribution in [2.24, 2.45) is 0 Å². The molecule has 0 radical (unpaired) electrons. The van der Waals surface area contributed by atoms with Gasteiger partial charge in [0.15, 0.2) is 5.82 Å². The molecule has 1 amide bonds. The third-order valence-electron chi connectivity index (χ3n) is 4.62. The molecular weight excluding hydrogens is 290 g/mol. The summed E-state index contributed by atoms with van der Waals surface area (Å²) < 4.78 is 2.21. The van der Waals surface area contributed by atoms with Gasteiger partial charge in [0.1, 0.15) is 5.82 Å². The SMILES string of the molecule is CN(C)c1cccc(C(=O)N2CCn3c(nnc3C3CC3)C2)c1. The van der Waals surface area contributed by atoms with Gasteiger partial charge < -0.3 is 14.4 Å². The minimum absolute atomic E-state index is 0.0657. The molecule has 4 rings (SSSR count). The van der Waals surface area contributed by atoms with E-state index in [0.29, 0.717) is 12.5 Å². The summed E-state index contributed by atoms with van der Waals surface area (Å²) in [7, 11) is 3.96. The van der Waals surface area contributed by atoms with Crippen LogP contribution >= 0.6 is 0 Å². The van der Waals surface area contributed by atoms with Gasteiger partial charge in [-0.1, -0.05) is 6.07 Å². The number of hydrogen-bond acceptors (Lipinski definition) is 4. The van der Waals surface area contributed by atoms with Crippen LogP contribution in [0.1, 0.15) is 40.8 Å². The van der Waals surface area contributed by atoms with Crippen molar-refractivity contribution in [1.29, 1.82) is 0 Å². The number of anilines is 1. The van der Waals surface area contributed by atoms with E-state index in [9.17, 15) is 4.79 Å². The number of carbonyl (C=O) groups excluding carboxylic acids is 1. The molecule has 1 aliphatic carbocycles. The van der Waals surface area contributed by atoms with E-state index in [0.717, 1.165) is 36.0 Å². The van der Waals surface area contributed by atoms with Gasteiger partial charge >= 0.3 is 0 Å². The molecule has 0 saturated heterocycles. The highest BCUT2D eigenvalue weighted by atomic mass is 16.2. The molecule has 2 heterocycles. The summed E-state index contributed by atoms with van der Waals surface area (Å²) in [5, 5.41) is 8.63. The van der Waals surface area contributed by atoms with Crippen LogP contribution in [0.5, 0.6) is 0 Å². The molecule has 2 aliphatic rings. The predicted octanol–water partition coefficient (Wildman–Crippen LogP) is 1.88. The Morgan fingerprint density at radius 2 is 2.04 bits per heavy atom. The zero-order valence-corrected chi connectivity index (χ0v) is 13.6. The second-order valence-corrected chi connectivity index (χ2v) is 6.57. The van der Waals surface area contributed by atoms with Crippen LogP contribution in [-0.2, 0) is 13.1 Å². The number of hydrogen-bond donors (Lipinski definition) is 0. The Morgan fingerprint density at radius 1 is 1.22 bits per heavy atom. The highest BCUT2D eigenvalue weighted by Gasteiger charge is 2.33. The van der Waals surface area contributed by atoms with Gasteiger partial charge in [0.2, 0.25) is 0 Å². The van der Waals surface area contributed by atoms with E-state index < -0.39 is 0 Å². The largest absolute Gasteiger partial charge is 0.378 e. The molecule has 120 valence electrons. The lowest BCUT2D eigenvalue weighted by atomic mass is 10.1. The molecule has 6 nitrogen and oxygen atoms in total. The van der Waals surface area contributed by atoms with Crippen LogP contribution in [0.25, 0.3) is 0 Å². The van der Waals surface area contributed by atoms with Crippen LogP contribution in [0, 0.1) is 0 Å². The normalized spacial score (nSPS) is 17.0. The molecule has 6 heteroatoms. The van der Waals surface area contributed by atoms with E-state index in [-0.39, 0.29) is 5.91 Å². The minimum atomic E-state index is 0.0657. The van der Waals surface area contributed by atoms with Crippen molar-refractivity contribution in [3.63, 3.8) is 0 Å². The number of fused-ring (bicyclic) bond motifs is 1. The molecular formula is C17H21N5O. The topological polar surface area (TPSA) is 54.3 Å². The maximum absolute atomic E-state index is 12.8. The van der Waals surface area contributed by atoms with Crippen molar-refractivity contribution in [3.8, 4) is 0 Å². The Balaban J connectivity index is 1.54. The first-order chi connectivity index (χ1) is 11.1. The van der Waals surface area contributed by atoms with Crippen LogP contribution < -0.4 is 4.90 Å². The first-order valence-electron chi connectivity index (χ1n) is 8.12. The molecule has 23 heavy (non-hydrogen) atoms. The molecule has 0 spiro atoms.